The number of aromatic hydroxyl groups is 1. The molecule has 0 aliphatic carbocycles. The summed E-state index contributed by atoms with van der Waals surface area (Å²) in [5.41, 5.74) is 3.60. The Bertz CT molecular complexity index is 668. The predicted molar refractivity (Wildman–Crippen MR) is 65.8 cm³/mol. The first-order chi connectivity index (χ1) is 8.24. The molecule has 0 unspecified atom stereocenters. The summed E-state index contributed by atoms with van der Waals surface area (Å²) in [5, 5.41) is 9.24. The Hall–Kier alpha value is -2.29. The Kier molecular flexibility index (Phi) is 2.11. The van der Waals surface area contributed by atoms with Crippen molar-refractivity contribution in [3.8, 4) is 17.2 Å². The molecule has 84 valence electrons. The minimum atomic E-state index is 0.237. The van der Waals surface area contributed by atoms with E-state index in [9.17, 15) is 5.11 Å². The summed E-state index contributed by atoms with van der Waals surface area (Å²) < 4.78 is 5.73. The topological polar surface area (TPSA) is 46.3 Å². The number of benzene rings is 2. The van der Waals surface area contributed by atoms with Crippen LogP contribution in [0, 0.1) is 6.92 Å². The average Bonchev–Trinajstić information content (AvgIpc) is 2.75. The van der Waals surface area contributed by atoms with Crippen LogP contribution in [0.25, 0.3) is 22.6 Å². The lowest BCUT2D eigenvalue weighted by molar-refractivity contribution is 0.475. The van der Waals surface area contributed by atoms with E-state index in [1.807, 2.05) is 25.1 Å². The van der Waals surface area contributed by atoms with E-state index >= 15 is 0 Å². The van der Waals surface area contributed by atoms with E-state index in [0.717, 1.165) is 22.2 Å². The van der Waals surface area contributed by atoms with Crippen molar-refractivity contribution in [3.05, 3.63) is 48.0 Å². The maximum Gasteiger partial charge on any atom is 0.227 e. The summed E-state index contributed by atoms with van der Waals surface area (Å²) in [4.78, 5) is 4.43. The van der Waals surface area contributed by atoms with E-state index in [4.69, 9.17) is 4.42 Å². The molecule has 1 heterocycles. The monoisotopic (exact) mass is 225 g/mol. The number of phenols is 1. The van der Waals surface area contributed by atoms with Crippen molar-refractivity contribution in [1.29, 1.82) is 0 Å². The van der Waals surface area contributed by atoms with Gasteiger partial charge < -0.3 is 9.52 Å². The highest BCUT2D eigenvalue weighted by molar-refractivity contribution is 5.79. The highest BCUT2D eigenvalue weighted by Crippen LogP contribution is 2.27. The van der Waals surface area contributed by atoms with Crippen molar-refractivity contribution in [2.24, 2.45) is 0 Å². The second kappa shape index (κ2) is 3.63. The van der Waals surface area contributed by atoms with Crippen LogP contribution in [-0.4, -0.2) is 10.1 Å². The smallest absolute Gasteiger partial charge is 0.227 e. The van der Waals surface area contributed by atoms with Gasteiger partial charge in [0, 0.05) is 5.56 Å². The Morgan fingerprint density at radius 1 is 1.06 bits per heavy atom. The zero-order chi connectivity index (χ0) is 11.8. The molecule has 1 N–H and O–H groups in total. The maximum atomic E-state index is 9.24. The van der Waals surface area contributed by atoms with E-state index in [2.05, 4.69) is 4.98 Å². The Morgan fingerprint density at radius 2 is 1.82 bits per heavy atom. The van der Waals surface area contributed by atoms with Crippen molar-refractivity contribution in [2.45, 2.75) is 6.92 Å². The summed E-state index contributed by atoms with van der Waals surface area (Å²) in [5.74, 6) is 0.815. The minimum Gasteiger partial charge on any atom is -0.508 e. The SMILES string of the molecule is Cc1cccc2nc(-c3ccc(O)cc3)oc12. The predicted octanol–water partition coefficient (Wildman–Crippen LogP) is 3.51. The van der Waals surface area contributed by atoms with Gasteiger partial charge in [-0.3, -0.25) is 0 Å². The summed E-state index contributed by atoms with van der Waals surface area (Å²) in [6, 6.07) is 12.7. The van der Waals surface area contributed by atoms with Crippen LogP contribution < -0.4 is 0 Å². The van der Waals surface area contributed by atoms with E-state index in [-0.39, 0.29) is 5.75 Å². The number of fused-ring (bicyclic) bond motifs is 1. The third kappa shape index (κ3) is 1.65. The van der Waals surface area contributed by atoms with Gasteiger partial charge in [0.05, 0.1) is 0 Å². The van der Waals surface area contributed by atoms with E-state index < -0.39 is 0 Å². The van der Waals surface area contributed by atoms with Crippen LogP contribution in [0.1, 0.15) is 5.56 Å². The molecule has 0 amide bonds. The molecule has 0 spiro atoms. The minimum absolute atomic E-state index is 0.237. The van der Waals surface area contributed by atoms with Crippen molar-refractivity contribution in [1.82, 2.24) is 4.98 Å². The van der Waals surface area contributed by atoms with Crippen LogP contribution in [0.4, 0.5) is 0 Å². The molecule has 17 heavy (non-hydrogen) atoms. The van der Waals surface area contributed by atoms with Gasteiger partial charge in [-0.15, -0.1) is 0 Å². The second-order valence-electron chi connectivity index (χ2n) is 3.99. The molecule has 0 fully saturated rings. The van der Waals surface area contributed by atoms with E-state index in [1.54, 1.807) is 24.3 Å². The number of aryl methyl sites for hydroxylation is 1. The third-order valence-corrected chi connectivity index (χ3v) is 2.73. The normalized spacial score (nSPS) is 10.9. The molecule has 0 aliphatic rings. The first kappa shape index (κ1) is 9.90. The molecule has 0 saturated heterocycles. The fraction of sp³-hybridized carbons (Fsp3) is 0.0714. The molecule has 3 aromatic rings. The van der Waals surface area contributed by atoms with Crippen molar-refractivity contribution in [2.75, 3.05) is 0 Å². The van der Waals surface area contributed by atoms with E-state index in [1.165, 1.54) is 0 Å². The molecule has 0 aliphatic heterocycles. The largest absolute Gasteiger partial charge is 0.508 e. The summed E-state index contributed by atoms with van der Waals surface area (Å²) in [7, 11) is 0. The fourth-order valence-electron chi connectivity index (χ4n) is 1.81. The third-order valence-electron chi connectivity index (χ3n) is 2.73. The number of para-hydroxylation sites is 1. The molecule has 2 aromatic carbocycles. The summed E-state index contributed by atoms with van der Waals surface area (Å²) in [6.45, 7) is 1.99. The highest BCUT2D eigenvalue weighted by atomic mass is 16.3. The van der Waals surface area contributed by atoms with Crippen LogP contribution >= 0.6 is 0 Å². The van der Waals surface area contributed by atoms with Gasteiger partial charge in [0.25, 0.3) is 0 Å². The number of oxazole rings is 1. The zero-order valence-electron chi connectivity index (χ0n) is 9.34. The standard InChI is InChI=1S/C14H11NO2/c1-9-3-2-4-12-13(9)17-14(15-12)10-5-7-11(16)8-6-10/h2-8,16H,1H3. The molecular formula is C14H11NO2. The number of phenolic OH excluding ortho intramolecular Hbond substituents is 1. The highest BCUT2D eigenvalue weighted by Gasteiger charge is 2.09. The van der Waals surface area contributed by atoms with Crippen LogP contribution in [0.5, 0.6) is 5.75 Å². The Labute approximate surface area is 98.3 Å². The molecule has 3 nitrogen and oxygen atoms in total. The fourth-order valence-corrected chi connectivity index (χ4v) is 1.81. The number of rotatable bonds is 1. The van der Waals surface area contributed by atoms with E-state index in [0.29, 0.717) is 5.89 Å². The van der Waals surface area contributed by atoms with Gasteiger partial charge in [-0.25, -0.2) is 4.98 Å². The molecule has 0 saturated carbocycles. The molecule has 0 bridgehead atoms. The lowest BCUT2D eigenvalue weighted by Crippen LogP contribution is -1.75. The average molecular weight is 225 g/mol. The molecule has 3 heteroatoms. The van der Waals surface area contributed by atoms with Gasteiger partial charge in [0.15, 0.2) is 5.58 Å². The van der Waals surface area contributed by atoms with Crippen molar-refractivity contribution in [3.63, 3.8) is 0 Å². The van der Waals surface area contributed by atoms with Crippen molar-refractivity contribution < 1.29 is 9.52 Å². The molecular weight excluding hydrogens is 214 g/mol. The number of hydrogen-bond donors (Lipinski definition) is 1. The van der Waals surface area contributed by atoms with Crippen LogP contribution in [0.15, 0.2) is 46.9 Å². The zero-order valence-corrected chi connectivity index (χ0v) is 9.34. The first-order valence-corrected chi connectivity index (χ1v) is 5.39. The Morgan fingerprint density at radius 3 is 2.53 bits per heavy atom. The van der Waals surface area contributed by atoms with Gasteiger partial charge in [0.1, 0.15) is 11.3 Å². The maximum absolute atomic E-state index is 9.24. The van der Waals surface area contributed by atoms with Gasteiger partial charge in [-0.05, 0) is 42.8 Å². The lowest BCUT2D eigenvalue weighted by atomic mass is 10.2. The molecule has 0 radical (unpaired) electrons. The Balaban J connectivity index is 2.18. The van der Waals surface area contributed by atoms with Crippen LogP contribution in [-0.2, 0) is 0 Å². The molecule has 0 atom stereocenters. The van der Waals surface area contributed by atoms with Crippen molar-refractivity contribution >= 4 is 11.1 Å². The summed E-state index contributed by atoms with van der Waals surface area (Å²) in [6.07, 6.45) is 0. The summed E-state index contributed by atoms with van der Waals surface area (Å²) >= 11 is 0. The molecule has 1 aromatic heterocycles. The number of hydrogen-bond acceptors (Lipinski definition) is 3. The van der Waals surface area contributed by atoms with Crippen LogP contribution in [0.2, 0.25) is 0 Å². The van der Waals surface area contributed by atoms with Gasteiger partial charge in [-0.2, -0.15) is 0 Å². The van der Waals surface area contributed by atoms with Gasteiger partial charge in [0.2, 0.25) is 5.89 Å². The number of nitrogens with zero attached hydrogens (tertiary/aromatic N) is 1. The quantitative estimate of drug-likeness (QED) is 0.689. The van der Waals surface area contributed by atoms with Crippen LogP contribution in [0.3, 0.4) is 0 Å². The lowest BCUT2D eigenvalue weighted by Gasteiger charge is -1.95. The first-order valence-electron chi connectivity index (χ1n) is 5.39. The second-order valence-corrected chi connectivity index (χ2v) is 3.99. The van der Waals surface area contributed by atoms with Gasteiger partial charge >= 0.3 is 0 Å². The number of aromatic nitrogens is 1. The van der Waals surface area contributed by atoms with Gasteiger partial charge in [-0.1, -0.05) is 12.1 Å². The molecule has 3 rings (SSSR count).